The average molecular weight is 332 g/mol. The first-order valence-electron chi connectivity index (χ1n) is 8.26. The first kappa shape index (κ1) is 18.0. The van der Waals surface area contributed by atoms with E-state index in [4.69, 9.17) is 0 Å². The largest absolute Gasteiger partial charge is 0.480 e. The summed E-state index contributed by atoms with van der Waals surface area (Å²) in [7, 11) is 0. The zero-order valence-corrected chi connectivity index (χ0v) is 14.1. The van der Waals surface area contributed by atoms with Crippen molar-refractivity contribution in [3.8, 4) is 0 Å². The molecular weight excluding hydrogens is 308 g/mol. The van der Waals surface area contributed by atoms with E-state index in [1.165, 1.54) is 4.90 Å². The number of amides is 2. The molecule has 0 spiro atoms. The number of aliphatic carboxylic acids is 1. The Kier molecular flexibility index (Phi) is 5.95. The first-order chi connectivity index (χ1) is 11.4. The molecule has 0 bridgehead atoms. The standard InChI is InChI=1S/C18H24N2O4/c1-12(2)16(17(22)20-10-6-9-14(20)18(23)24)19-15(21)11-13-7-4-3-5-8-13/h3-5,7-8,12,14,16H,6,9-11H2,1-2H3,(H,19,21)(H,23,24)/t14-,16-/m0/s1. The number of nitrogens with one attached hydrogen (secondary N) is 1. The van der Waals surface area contributed by atoms with E-state index in [9.17, 15) is 19.5 Å². The molecule has 1 aromatic carbocycles. The fourth-order valence-electron chi connectivity index (χ4n) is 2.99. The normalized spacial score (nSPS) is 18.5. The topological polar surface area (TPSA) is 86.7 Å². The summed E-state index contributed by atoms with van der Waals surface area (Å²) in [4.78, 5) is 37.7. The lowest BCUT2D eigenvalue weighted by molar-refractivity contribution is -0.149. The van der Waals surface area contributed by atoms with E-state index in [1.54, 1.807) is 0 Å². The molecule has 2 rings (SSSR count). The Balaban J connectivity index is 2.04. The third-order valence-electron chi connectivity index (χ3n) is 4.28. The monoisotopic (exact) mass is 332 g/mol. The molecule has 1 heterocycles. The van der Waals surface area contributed by atoms with Crippen LogP contribution in [0, 0.1) is 5.92 Å². The van der Waals surface area contributed by atoms with Crippen LogP contribution in [-0.4, -0.2) is 46.4 Å². The van der Waals surface area contributed by atoms with Gasteiger partial charge in [0.2, 0.25) is 11.8 Å². The Labute approximate surface area is 141 Å². The van der Waals surface area contributed by atoms with Gasteiger partial charge in [0.25, 0.3) is 0 Å². The van der Waals surface area contributed by atoms with E-state index < -0.39 is 18.1 Å². The Morgan fingerprint density at radius 2 is 1.92 bits per heavy atom. The van der Waals surface area contributed by atoms with Crippen molar-refractivity contribution in [2.75, 3.05) is 6.54 Å². The van der Waals surface area contributed by atoms with E-state index in [2.05, 4.69) is 5.32 Å². The number of likely N-dealkylation sites (tertiary alicyclic amines) is 1. The van der Waals surface area contributed by atoms with Gasteiger partial charge in [-0.2, -0.15) is 0 Å². The fraction of sp³-hybridized carbons (Fsp3) is 0.500. The van der Waals surface area contributed by atoms with Crippen LogP contribution in [0.15, 0.2) is 30.3 Å². The fourth-order valence-corrected chi connectivity index (χ4v) is 2.99. The SMILES string of the molecule is CC(C)[C@H](NC(=O)Cc1ccccc1)C(=O)N1CCC[C@H]1C(=O)O. The molecule has 1 saturated heterocycles. The minimum atomic E-state index is -0.987. The number of nitrogens with zero attached hydrogens (tertiary/aromatic N) is 1. The maximum absolute atomic E-state index is 12.7. The smallest absolute Gasteiger partial charge is 0.326 e. The van der Waals surface area contributed by atoms with Crippen molar-refractivity contribution in [3.63, 3.8) is 0 Å². The van der Waals surface area contributed by atoms with Crippen molar-refractivity contribution in [1.29, 1.82) is 0 Å². The van der Waals surface area contributed by atoms with Crippen molar-refractivity contribution >= 4 is 17.8 Å². The molecular formula is C18H24N2O4. The molecule has 24 heavy (non-hydrogen) atoms. The summed E-state index contributed by atoms with van der Waals surface area (Å²) in [6.07, 6.45) is 1.33. The van der Waals surface area contributed by atoms with E-state index in [-0.39, 0.29) is 24.2 Å². The molecule has 0 aromatic heterocycles. The maximum Gasteiger partial charge on any atom is 0.326 e. The molecule has 0 saturated carbocycles. The van der Waals surface area contributed by atoms with Crippen molar-refractivity contribution in [3.05, 3.63) is 35.9 Å². The highest BCUT2D eigenvalue weighted by molar-refractivity contribution is 5.91. The number of hydrogen-bond acceptors (Lipinski definition) is 3. The van der Waals surface area contributed by atoms with Gasteiger partial charge in [0.15, 0.2) is 0 Å². The van der Waals surface area contributed by atoms with Gasteiger partial charge < -0.3 is 15.3 Å². The zero-order valence-electron chi connectivity index (χ0n) is 14.1. The summed E-state index contributed by atoms with van der Waals surface area (Å²) in [5.74, 6) is -1.65. The molecule has 2 N–H and O–H groups in total. The van der Waals surface area contributed by atoms with Crippen LogP contribution in [0.3, 0.4) is 0 Å². The first-order valence-corrected chi connectivity index (χ1v) is 8.26. The highest BCUT2D eigenvalue weighted by Crippen LogP contribution is 2.20. The van der Waals surface area contributed by atoms with E-state index in [0.29, 0.717) is 19.4 Å². The number of carboxylic acid groups (broad SMARTS) is 1. The second-order valence-corrected chi connectivity index (χ2v) is 6.48. The predicted molar refractivity (Wildman–Crippen MR) is 89.3 cm³/mol. The van der Waals surface area contributed by atoms with Gasteiger partial charge in [0.05, 0.1) is 6.42 Å². The van der Waals surface area contributed by atoms with Crippen LogP contribution in [0.25, 0.3) is 0 Å². The molecule has 1 aliphatic heterocycles. The van der Waals surface area contributed by atoms with Crippen LogP contribution in [0.2, 0.25) is 0 Å². The lowest BCUT2D eigenvalue weighted by Gasteiger charge is -2.29. The summed E-state index contributed by atoms with van der Waals surface area (Å²) in [5.41, 5.74) is 0.870. The third-order valence-corrected chi connectivity index (χ3v) is 4.28. The number of carbonyl (C=O) groups is 3. The van der Waals surface area contributed by atoms with Crippen LogP contribution < -0.4 is 5.32 Å². The predicted octanol–water partition coefficient (Wildman–Crippen LogP) is 1.45. The minimum Gasteiger partial charge on any atom is -0.480 e. The van der Waals surface area contributed by atoms with Gasteiger partial charge in [-0.3, -0.25) is 9.59 Å². The summed E-state index contributed by atoms with van der Waals surface area (Å²) in [6, 6.07) is 7.80. The average Bonchev–Trinajstić information content (AvgIpc) is 3.02. The molecule has 0 unspecified atom stereocenters. The number of rotatable bonds is 6. The zero-order chi connectivity index (χ0) is 17.7. The molecule has 2 amide bonds. The van der Waals surface area contributed by atoms with Crippen LogP contribution in [0.1, 0.15) is 32.3 Å². The number of carboxylic acids is 1. The Morgan fingerprint density at radius 1 is 1.25 bits per heavy atom. The minimum absolute atomic E-state index is 0.118. The number of carbonyl (C=O) groups excluding carboxylic acids is 2. The second kappa shape index (κ2) is 7.95. The summed E-state index contributed by atoms with van der Waals surface area (Å²) in [5, 5.41) is 12.0. The van der Waals surface area contributed by atoms with Crippen LogP contribution in [0.5, 0.6) is 0 Å². The molecule has 1 fully saturated rings. The van der Waals surface area contributed by atoms with Crippen molar-refractivity contribution in [2.45, 2.75) is 45.2 Å². The van der Waals surface area contributed by atoms with E-state index >= 15 is 0 Å². The summed E-state index contributed by atoms with van der Waals surface area (Å²) < 4.78 is 0. The Bertz CT molecular complexity index is 600. The number of benzene rings is 1. The quantitative estimate of drug-likeness (QED) is 0.825. The molecule has 1 aromatic rings. The third kappa shape index (κ3) is 4.34. The van der Waals surface area contributed by atoms with Gasteiger partial charge in [0, 0.05) is 6.54 Å². The maximum atomic E-state index is 12.7. The number of hydrogen-bond donors (Lipinski definition) is 2. The lowest BCUT2D eigenvalue weighted by Crippen LogP contribution is -2.54. The van der Waals surface area contributed by atoms with Crippen LogP contribution in [0.4, 0.5) is 0 Å². The lowest BCUT2D eigenvalue weighted by atomic mass is 10.0. The van der Waals surface area contributed by atoms with Gasteiger partial charge >= 0.3 is 5.97 Å². The van der Waals surface area contributed by atoms with Crippen LogP contribution >= 0.6 is 0 Å². The Hall–Kier alpha value is -2.37. The highest BCUT2D eigenvalue weighted by Gasteiger charge is 2.38. The van der Waals surface area contributed by atoms with Crippen molar-refractivity contribution in [1.82, 2.24) is 10.2 Å². The van der Waals surface area contributed by atoms with Gasteiger partial charge in [0.1, 0.15) is 12.1 Å². The van der Waals surface area contributed by atoms with Crippen LogP contribution in [-0.2, 0) is 20.8 Å². The van der Waals surface area contributed by atoms with Gasteiger partial charge in [-0.15, -0.1) is 0 Å². The molecule has 6 nitrogen and oxygen atoms in total. The summed E-state index contributed by atoms with van der Waals surface area (Å²) in [6.45, 7) is 4.11. The molecule has 130 valence electrons. The van der Waals surface area contributed by atoms with E-state index in [1.807, 2.05) is 44.2 Å². The van der Waals surface area contributed by atoms with Gasteiger partial charge in [-0.1, -0.05) is 44.2 Å². The molecule has 0 radical (unpaired) electrons. The van der Waals surface area contributed by atoms with Gasteiger partial charge in [-0.05, 0) is 24.3 Å². The highest BCUT2D eigenvalue weighted by atomic mass is 16.4. The summed E-state index contributed by atoms with van der Waals surface area (Å²) >= 11 is 0. The molecule has 2 atom stereocenters. The van der Waals surface area contributed by atoms with Gasteiger partial charge in [-0.25, -0.2) is 4.79 Å². The molecule has 6 heteroatoms. The molecule has 1 aliphatic rings. The Morgan fingerprint density at radius 3 is 2.50 bits per heavy atom. The molecule has 0 aliphatic carbocycles. The van der Waals surface area contributed by atoms with Crippen molar-refractivity contribution in [2.24, 2.45) is 5.92 Å². The van der Waals surface area contributed by atoms with Crippen molar-refractivity contribution < 1.29 is 19.5 Å². The second-order valence-electron chi connectivity index (χ2n) is 6.48. The van der Waals surface area contributed by atoms with E-state index in [0.717, 1.165) is 5.56 Å².